The molecular formula is C15H29N3. The number of hydrogen-bond acceptors (Lipinski definition) is 3. The van der Waals surface area contributed by atoms with E-state index in [1.807, 2.05) is 0 Å². The predicted octanol–water partition coefficient (Wildman–Crippen LogP) is 2.64. The number of piperidine rings is 1. The van der Waals surface area contributed by atoms with Crippen LogP contribution in [0.2, 0.25) is 0 Å². The van der Waals surface area contributed by atoms with E-state index in [9.17, 15) is 0 Å². The van der Waals surface area contributed by atoms with Crippen LogP contribution in [0.1, 0.15) is 46.5 Å². The van der Waals surface area contributed by atoms with Gasteiger partial charge in [-0.2, -0.15) is 5.26 Å². The third kappa shape index (κ3) is 5.37. The van der Waals surface area contributed by atoms with Crippen molar-refractivity contribution in [1.29, 1.82) is 5.26 Å². The molecule has 1 fully saturated rings. The minimum absolute atomic E-state index is 0.234. The van der Waals surface area contributed by atoms with Crippen LogP contribution in [-0.4, -0.2) is 38.1 Å². The van der Waals surface area contributed by atoms with Crippen molar-refractivity contribution in [3.63, 3.8) is 0 Å². The SMILES string of the molecule is CN1CCC(C)(CNCC(C)(C)CCC#N)CC1. The smallest absolute Gasteiger partial charge is 0.0621 e. The summed E-state index contributed by atoms with van der Waals surface area (Å²) >= 11 is 0. The van der Waals surface area contributed by atoms with E-state index in [0.717, 1.165) is 19.5 Å². The van der Waals surface area contributed by atoms with Crippen molar-refractivity contribution in [1.82, 2.24) is 10.2 Å². The molecule has 1 saturated heterocycles. The summed E-state index contributed by atoms with van der Waals surface area (Å²) in [5.41, 5.74) is 0.690. The number of hydrogen-bond donors (Lipinski definition) is 1. The van der Waals surface area contributed by atoms with Crippen LogP contribution in [0.5, 0.6) is 0 Å². The molecule has 0 saturated carbocycles. The Morgan fingerprint density at radius 3 is 2.50 bits per heavy atom. The third-order valence-corrected chi connectivity index (χ3v) is 4.26. The fourth-order valence-electron chi connectivity index (χ4n) is 2.52. The predicted molar refractivity (Wildman–Crippen MR) is 76.3 cm³/mol. The number of likely N-dealkylation sites (tertiary alicyclic amines) is 1. The summed E-state index contributed by atoms with van der Waals surface area (Å²) in [6.07, 6.45) is 4.22. The van der Waals surface area contributed by atoms with Gasteiger partial charge in [0.05, 0.1) is 6.07 Å². The van der Waals surface area contributed by atoms with Crippen molar-refractivity contribution in [2.24, 2.45) is 10.8 Å². The average molecular weight is 251 g/mol. The summed E-state index contributed by atoms with van der Waals surface area (Å²) in [6.45, 7) is 11.4. The van der Waals surface area contributed by atoms with E-state index in [1.54, 1.807) is 0 Å². The molecule has 0 aromatic carbocycles. The largest absolute Gasteiger partial charge is 0.316 e. The Kier molecular flexibility index (Phi) is 5.62. The molecule has 3 heteroatoms. The molecule has 1 aliphatic heterocycles. The van der Waals surface area contributed by atoms with Gasteiger partial charge in [0, 0.05) is 19.5 Å². The second-order valence-electron chi connectivity index (χ2n) is 7.04. The fourth-order valence-corrected chi connectivity index (χ4v) is 2.52. The molecule has 104 valence electrons. The molecule has 3 nitrogen and oxygen atoms in total. The van der Waals surface area contributed by atoms with Gasteiger partial charge in [-0.15, -0.1) is 0 Å². The quantitative estimate of drug-likeness (QED) is 0.789. The monoisotopic (exact) mass is 251 g/mol. The lowest BCUT2D eigenvalue weighted by Crippen LogP contribution is -2.43. The Labute approximate surface area is 113 Å². The maximum Gasteiger partial charge on any atom is 0.0621 e. The van der Waals surface area contributed by atoms with Crippen LogP contribution in [-0.2, 0) is 0 Å². The van der Waals surface area contributed by atoms with Gasteiger partial charge in [0.1, 0.15) is 0 Å². The summed E-state index contributed by atoms with van der Waals surface area (Å²) in [5, 5.41) is 12.3. The number of nitrogens with one attached hydrogen (secondary N) is 1. The second kappa shape index (κ2) is 6.54. The van der Waals surface area contributed by atoms with E-state index in [0.29, 0.717) is 11.8 Å². The van der Waals surface area contributed by atoms with Gasteiger partial charge in [0.2, 0.25) is 0 Å². The molecule has 0 aromatic heterocycles. The zero-order valence-corrected chi connectivity index (χ0v) is 12.6. The van der Waals surface area contributed by atoms with Crippen LogP contribution in [0.15, 0.2) is 0 Å². The molecule has 0 bridgehead atoms. The number of rotatable bonds is 6. The highest BCUT2D eigenvalue weighted by Crippen LogP contribution is 2.30. The summed E-state index contributed by atoms with van der Waals surface area (Å²) in [6, 6.07) is 2.24. The van der Waals surface area contributed by atoms with E-state index in [-0.39, 0.29) is 5.41 Å². The van der Waals surface area contributed by atoms with Crippen molar-refractivity contribution < 1.29 is 0 Å². The van der Waals surface area contributed by atoms with Crippen LogP contribution in [0.4, 0.5) is 0 Å². The van der Waals surface area contributed by atoms with E-state index in [2.05, 4.69) is 44.1 Å². The van der Waals surface area contributed by atoms with Gasteiger partial charge in [0.25, 0.3) is 0 Å². The van der Waals surface area contributed by atoms with Crippen molar-refractivity contribution in [2.75, 3.05) is 33.2 Å². The van der Waals surface area contributed by atoms with Crippen LogP contribution in [0.25, 0.3) is 0 Å². The van der Waals surface area contributed by atoms with E-state index >= 15 is 0 Å². The number of nitriles is 1. The first-order valence-electron chi connectivity index (χ1n) is 7.13. The van der Waals surface area contributed by atoms with Gasteiger partial charge in [0.15, 0.2) is 0 Å². The van der Waals surface area contributed by atoms with Gasteiger partial charge < -0.3 is 10.2 Å². The highest BCUT2D eigenvalue weighted by atomic mass is 15.1. The van der Waals surface area contributed by atoms with Crippen molar-refractivity contribution >= 4 is 0 Å². The van der Waals surface area contributed by atoms with Crippen molar-refractivity contribution in [3.05, 3.63) is 0 Å². The van der Waals surface area contributed by atoms with Gasteiger partial charge in [-0.25, -0.2) is 0 Å². The van der Waals surface area contributed by atoms with Crippen LogP contribution in [0, 0.1) is 22.2 Å². The summed E-state index contributed by atoms with van der Waals surface area (Å²) in [4.78, 5) is 2.42. The Bertz CT molecular complexity index is 283. The molecule has 1 heterocycles. The maximum absolute atomic E-state index is 8.65. The molecule has 0 aliphatic carbocycles. The highest BCUT2D eigenvalue weighted by molar-refractivity contribution is 4.85. The summed E-state index contributed by atoms with van der Waals surface area (Å²) in [5.74, 6) is 0. The molecule has 1 rings (SSSR count). The van der Waals surface area contributed by atoms with Crippen molar-refractivity contribution in [3.8, 4) is 6.07 Å². The molecule has 0 spiro atoms. The molecule has 0 aromatic rings. The minimum Gasteiger partial charge on any atom is -0.316 e. The maximum atomic E-state index is 8.65. The zero-order valence-electron chi connectivity index (χ0n) is 12.6. The van der Waals surface area contributed by atoms with Crippen LogP contribution < -0.4 is 5.32 Å². The lowest BCUT2D eigenvalue weighted by atomic mass is 9.80. The van der Waals surface area contributed by atoms with Gasteiger partial charge >= 0.3 is 0 Å². The summed E-state index contributed by atoms with van der Waals surface area (Å²) < 4.78 is 0. The van der Waals surface area contributed by atoms with Gasteiger partial charge in [-0.05, 0) is 50.2 Å². The molecule has 1 N–H and O–H groups in total. The minimum atomic E-state index is 0.234. The Morgan fingerprint density at radius 1 is 1.33 bits per heavy atom. The van der Waals surface area contributed by atoms with Gasteiger partial charge in [-0.1, -0.05) is 20.8 Å². The van der Waals surface area contributed by atoms with E-state index < -0.39 is 0 Å². The Hall–Kier alpha value is -0.590. The molecule has 0 radical (unpaired) electrons. The molecular weight excluding hydrogens is 222 g/mol. The molecule has 0 unspecified atom stereocenters. The highest BCUT2D eigenvalue weighted by Gasteiger charge is 2.29. The van der Waals surface area contributed by atoms with E-state index in [1.165, 1.54) is 25.9 Å². The molecule has 1 aliphatic rings. The molecule has 18 heavy (non-hydrogen) atoms. The first-order valence-corrected chi connectivity index (χ1v) is 7.13. The second-order valence-corrected chi connectivity index (χ2v) is 7.04. The summed E-state index contributed by atoms with van der Waals surface area (Å²) in [7, 11) is 2.21. The molecule has 0 atom stereocenters. The van der Waals surface area contributed by atoms with Gasteiger partial charge in [-0.3, -0.25) is 0 Å². The Morgan fingerprint density at radius 2 is 1.94 bits per heavy atom. The number of nitrogens with zero attached hydrogens (tertiary/aromatic N) is 2. The average Bonchev–Trinajstić information content (AvgIpc) is 2.31. The first kappa shape index (κ1) is 15.5. The normalized spacial score (nSPS) is 20.6. The Balaban J connectivity index is 2.26. The lowest BCUT2D eigenvalue weighted by molar-refractivity contribution is 0.132. The van der Waals surface area contributed by atoms with Crippen molar-refractivity contribution in [2.45, 2.75) is 46.5 Å². The molecule has 0 amide bonds. The standard InChI is InChI=1S/C15H29N3/c1-14(2,6-5-9-16)12-17-13-15(3)7-10-18(4)11-8-15/h17H,5-8,10-13H2,1-4H3. The first-order chi connectivity index (χ1) is 8.37. The topological polar surface area (TPSA) is 39.1 Å². The third-order valence-electron chi connectivity index (χ3n) is 4.26. The van der Waals surface area contributed by atoms with E-state index in [4.69, 9.17) is 5.26 Å². The van der Waals surface area contributed by atoms with Crippen LogP contribution in [0.3, 0.4) is 0 Å². The lowest BCUT2D eigenvalue weighted by Gasteiger charge is -2.39. The van der Waals surface area contributed by atoms with Crippen LogP contribution >= 0.6 is 0 Å². The zero-order chi connectivity index (χ0) is 13.6. The fraction of sp³-hybridized carbons (Fsp3) is 0.933.